The summed E-state index contributed by atoms with van der Waals surface area (Å²) >= 11 is 0. The topological polar surface area (TPSA) is 84.7 Å². The predicted molar refractivity (Wildman–Crippen MR) is 93.3 cm³/mol. The molecular weight excluding hydrogens is 322 g/mol. The first-order chi connectivity index (χ1) is 12.1. The van der Waals surface area contributed by atoms with E-state index in [1.54, 1.807) is 0 Å². The number of morpholine rings is 1. The first kappa shape index (κ1) is 17.1. The zero-order valence-corrected chi connectivity index (χ0v) is 13.6. The van der Waals surface area contributed by atoms with Crippen LogP contribution in [0.1, 0.15) is 11.6 Å². The van der Waals surface area contributed by atoms with Crippen LogP contribution in [0, 0.1) is 10.1 Å². The number of hydrogen-bond acceptors (Lipinski definition) is 5. The number of benzene rings is 2. The van der Waals surface area contributed by atoms with Crippen LogP contribution in [0.15, 0.2) is 54.6 Å². The Hall–Kier alpha value is -2.77. The van der Waals surface area contributed by atoms with Gasteiger partial charge in [-0.2, -0.15) is 0 Å². The fourth-order valence-corrected chi connectivity index (χ4v) is 2.88. The molecule has 1 aliphatic rings. The van der Waals surface area contributed by atoms with Crippen molar-refractivity contribution in [3.05, 3.63) is 70.3 Å². The van der Waals surface area contributed by atoms with Gasteiger partial charge in [0.2, 0.25) is 5.91 Å². The standard InChI is InChI=1S/C18H19N3O4/c22-18(19-15-6-8-16(9-7-15)21(23)24)17(14-4-2-1-3-5-14)20-10-12-25-13-11-20/h1-9,17H,10-13H2,(H,19,22)/t17-/m1/s1. The summed E-state index contributed by atoms with van der Waals surface area (Å²) in [7, 11) is 0. The van der Waals surface area contributed by atoms with Gasteiger partial charge in [0.05, 0.1) is 18.1 Å². The van der Waals surface area contributed by atoms with Crippen LogP contribution >= 0.6 is 0 Å². The van der Waals surface area contributed by atoms with Crippen LogP contribution in [0.2, 0.25) is 0 Å². The van der Waals surface area contributed by atoms with E-state index in [9.17, 15) is 14.9 Å². The zero-order valence-electron chi connectivity index (χ0n) is 13.6. The molecule has 0 saturated carbocycles. The number of nitrogens with zero attached hydrogens (tertiary/aromatic N) is 2. The second-order valence-corrected chi connectivity index (χ2v) is 5.75. The summed E-state index contributed by atoms with van der Waals surface area (Å²) in [5.41, 5.74) is 1.43. The molecule has 0 aromatic heterocycles. The number of nitrogens with one attached hydrogen (secondary N) is 1. The van der Waals surface area contributed by atoms with Crippen LogP contribution in [-0.4, -0.2) is 42.0 Å². The largest absolute Gasteiger partial charge is 0.379 e. The molecule has 0 radical (unpaired) electrons. The number of non-ortho nitro benzene ring substituents is 1. The Morgan fingerprint density at radius 1 is 1.08 bits per heavy atom. The lowest BCUT2D eigenvalue weighted by molar-refractivity contribution is -0.384. The summed E-state index contributed by atoms with van der Waals surface area (Å²) in [6.07, 6.45) is 0. The van der Waals surface area contributed by atoms with Crippen molar-refractivity contribution in [2.24, 2.45) is 0 Å². The van der Waals surface area contributed by atoms with E-state index >= 15 is 0 Å². The Morgan fingerprint density at radius 3 is 2.32 bits per heavy atom. The van der Waals surface area contributed by atoms with Gasteiger partial charge in [0.15, 0.2) is 0 Å². The molecule has 1 aliphatic heterocycles. The van der Waals surface area contributed by atoms with E-state index in [2.05, 4.69) is 10.2 Å². The third-order valence-electron chi connectivity index (χ3n) is 4.12. The Bertz CT molecular complexity index is 728. The van der Waals surface area contributed by atoms with Crippen molar-refractivity contribution in [3.63, 3.8) is 0 Å². The molecule has 1 fully saturated rings. The number of nitro groups is 1. The van der Waals surface area contributed by atoms with Crippen molar-refractivity contribution in [1.29, 1.82) is 0 Å². The summed E-state index contributed by atoms with van der Waals surface area (Å²) in [5.74, 6) is -0.165. The van der Waals surface area contributed by atoms with E-state index in [0.29, 0.717) is 32.0 Å². The summed E-state index contributed by atoms with van der Waals surface area (Å²) < 4.78 is 5.38. The number of nitro benzene ring substituents is 1. The summed E-state index contributed by atoms with van der Waals surface area (Å²) in [6, 6.07) is 15.0. The average Bonchev–Trinajstić information content (AvgIpc) is 2.64. The van der Waals surface area contributed by atoms with E-state index < -0.39 is 11.0 Å². The minimum absolute atomic E-state index is 0.00853. The monoisotopic (exact) mass is 341 g/mol. The van der Waals surface area contributed by atoms with Gasteiger partial charge >= 0.3 is 0 Å². The zero-order chi connectivity index (χ0) is 17.6. The maximum atomic E-state index is 12.9. The van der Waals surface area contributed by atoms with Crippen molar-refractivity contribution >= 4 is 17.3 Å². The number of hydrogen-bond donors (Lipinski definition) is 1. The molecule has 1 amide bonds. The highest BCUT2D eigenvalue weighted by atomic mass is 16.6. The summed E-state index contributed by atoms with van der Waals surface area (Å²) in [5, 5.41) is 13.6. The molecule has 1 atom stereocenters. The minimum atomic E-state index is -0.466. The maximum Gasteiger partial charge on any atom is 0.269 e. The second-order valence-electron chi connectivity index (χ2n) is 5.75. The SMILES string of the molecule is O=C(Nc1ccc([N+](=O)[O-])cc1)[C@@H](c1ccccc1)N1CCOCC1. The van der Waals surface area contributed by atoms with E-state index in [4.69, 9.17) is 4.74 Å². The van der Waals surface area contributed by atoms with E-state index in [1.165, 1.54) is 24.3 Å². The molecule has 0 spiro atoms. The minimum Gasteiger partial charge on any atom is -0.379 e. The predicted octanol–water partition coefficient (Wildman–Crippen LogP) is 2.61. The van der Waals surface area contributed by atoms with Crippen molar-refractivity contribution in [2.45, 2.75) is 6.04 Å². The molecule has 130 valence electrons. The smallest absolute Gasteiger partial charge is 0.269 e. The highest BCUT2D eigenvalue weighted by molar-refractivity contribution is 5.95. The Labute approximate surface area is 145 Å². The summed E-state index contributed by atoms with van der Waals surface area (Å²) in [4.78, 5) is 25.3. The number of carbonyl (C=O) groups is 1. The van der Waals surface area contributed by atoms with Gasteiger partial charge in [-0.25, -0.2) is 0 Å². The van der Waals surface area contributed by atoms with Crippen molar-refractivity contribution < 1.29 is 14.5 Å². The van der Waals surface area contributed by atoms with Gasteiger partial charge in [0.25, 0.3) is 5.69 Å². The van der Waals surface area contributed by atoms with Crippen molar-refractivity contribution in [1.82, 2.24) is 4.90 Å². The fourth-order valence-electron chi connectivity index (χ4n) is 2.88. The van der Waals surface area contributed by atoms with Crippen molar-refractivity contribution in [3.8, 4) is 0 Å². The first-order valence-corrected chi connectivity index (χ1v) is 8.07. The highest BCUT2D eigenvalue weighted by Crippen LogP contribution is 2.24. The van der Waals surface area contributed by atoms with Gasteiger partial charge in [-0.1, -0.05) is 30.3 Å². The van der Waals surface area contributed by atoms with Gasteiger partial charge in [-0.05, 0) is 17.7 Å². The Morgan fingerprint density at radius 2 is 1.72 bits per heavy atom. The number of amides is 1. The maximum absolute atomic E-state index is 12.9. The average molecular weight is 341 g/mol. The molecule has 3 rings (SSSR count). The quantitative estimate of drug-likeness (QED) is 0.667. The Balaban J connectivity index is 1.80. The van der Waals surface area contributed by atoms with Crippen LogP contribution < -0.4 is 5.32 Å². The summed E-state index contributed by atoms with van der Waals surface area (Å²) in [6.45, 7) is 2.53. The lowest BCUT2D eigenvalue weighted by atomic mass is 10.0. The second kappa shape index (κ2) is 7.87. The van der Waals surface area contributed by atoms with Gasteiger partial charge in [0, 0.05) is 30.9 Å². The van der Waals surface area contributed by atoms with Crippen LogP contribution in [0.3, 0.4) is 0 Å². The van der Waals surface area contributed by atoms with E-state index in [0.717, 1.165) is 5.56 Å². The molecule has 1 N–H and O–H groups in total. The third kappa shape index (κ3) is 4.20. The first-order valence-electron chi connectivity index (χ1n) is 8.07. The molecule has 2 aromatic rings. The van der Waals surface area contributed by atoms with Crippen LogP contribution in [0.4, 0.5) is 11.4 Å². The molecule has 0 unspecified atom stereocenters. The number of anilines is 1. The van der Waals surface area contributed by atoms with Crippen LogP contribution in [0.25, 0.3) is 0 Å². The van der Waals surface area contributed by atoms with Gasteiger partial charge < -0.3 is 10.1 Å². The number of carbonyl (C=O) groups excluding carboxylic acids is 1. The third-order valence-corrected chi connectivity index (χ3v) is 4.12. The molecule has 0 bridgehead atoms. The lowest BCUT2D eigenvalue weighted by Crippen LogP contribution is -2.43. The van der Waals surface area contributed by atoms with Gasteiger partial charge in [-0.3, -0.25) is 19.8 Å². The fraction of sp³-hybridized carbons (Fsp3) is 0.278. The Kier molecular flexibility index (Phi) is 5.37. The van der Waals surface area contributed by atoms with E-state index in [-0.39, 0.29) is 11.6 Å². The lowest BCUT2D eigenvalue weighted by Gasteiger charge is -2.33. The number of rotatable bonds is 5. The molecule has 25 heavy (non-hydrogen) atoms. The van der Waals surface area contributed by atoms with Gasteiger partial charge in [0.1, 0.15) is 6.04 Å². The van der Waals surface area contributed by atoms with Crippen molar-refractivity contribution in [2.75, 3.05) is 31.6 Å². The van der Waals surface area contributed by atoms with E-state index in [1.807, 2.05) is 30.3 Å². The molecule has 1 heterocycles. The molecule has 2 aromatic carbocycles. The molecule has 0 aliphatic carbocycles. The normalized spacial score (nSPS) is 16.2. The number of ether oxygens (including phenoxy) is 1. The van der Waals surface area contributed by atoms with Crippen LogP contribution in [-0.2, 0) is 9.53 Å². The van der Waals surface area contributed by atoms with Crippen LogP contribution in [0.5, 0.6) is 0 Å². The van der Waals surface area contributed by atoms with Gasteiger partial charge in [-0.15, -0.1) is 0 Å². The molecule has 7 nitrogen and oxygen atoms in total. The highest BCUT2D eigenvalue weighted by Gasteiger charge is 2.29. The molecule has 1 saturated heterocycles. The molecule has 7 heteroatoms. The molecular formula is C18H19N3O4.